The second-order valence-corrected chi connectivity index (χ2v) is 2.16. The van der Waals surface area contributed by atoms with Crippen molar-refractivity contribution < 1.29 is 22.8 Å². The number of alkyl halides is 3. The van der Waals surface area contributed by atoms with E-state index in [0.29, 0.717) is 0 Å². The molecule has 0 bridgehead atoms. The largest absolute Gasteiger partial charge is 0.472 e. The van der Waals surface area contributed by atoms with Gasteiger partial charge >= 0.3 is 12.1 Å². The van der Waals surface area contributed by atoms with Crippen molar-refractivity contribution in [1.82, 2.24) is 4.90 Å². The predicted molar refractivity (Wildman–Crippen MR) is 31.7 cm³/mol. The molecule has 0 aliphatic carbocycles. The van der Waals surface area contributed by atoms with E-state index in [-0.39, 0.29) is 11.3 Å². The summed E-state index contributed by atoms with van der Waals surface area (Å²) in [5.74, 6) is -2.99. The van der Waals surface area contributed by atoms with E-state index in [1.807, 2.05) is 0 Å². The van der Waals surface area contributed by atoms with E-state index in [9.17, 15) is 22.8 Å². The first-order valence-corrected chi connectivity index (χ1v) is 3.03. The Morgan fingerprint density at radius 1 is 1.50 bits per heavy atom. The maximum Gasteiger partial charge on any atom is 0.472 e. The molecule has 1 heterocycles. The Labute approximate surface area is 65.4 Å². The van der Waals surface area contributed by atoms with Gasteiger partial charge in [0.05, 0.1) is 0 Å². The summed E-state index contributed by atoms with van der Waals surface area (Å²) < 4.78 is 35.1. The minimum absolute atomic E-state index is 0.0694. The number of hydrogen-bond acceptors (Lipinski definition) is 2. The molecule has 3 nitrogen and oxygen atoms in total. The fourth-order valence-corrected chi connectivity index (χ4v) is 0.758. The van der Waals surface area contributed by atoms with Gasteiger partial charge in [0, 0.05) is 12.6 Å². The number of nitrogens with zero attached hydrogens (tertiary/aromatic N) is 1. The zero-order chi connectivity index (χ0) is 9.35. The monoisotopic (exact) mass is 179 g/mol. The van der Waals surface area contributed by atoms with Crippen LogP contribution < -0.4 is 0 Å². The summed E-state index contributed by atoms with van der Waals surface area (Å²) in [7, 11) is 0. The number of imide groups is 1. The lowest BCUT2D eigenvalue weighted by Gasteiger charge is -2.12. The number of hydrogen-bond donors (Lipinski definition) is 0. The van der Waals surface area contributed by atoms with Crippen LogP contribution in [-0.4, -0.2) is 22.9 Å². The molecule has 0 saturated carbocycles. The van der Waals surface area contributed by atoms with Crippen molar-refractivity contribution in [2.75, 3.05) is 0 Å². The highest BCUT2D eigenvalue weighted by atomic mass is 19.4. The molecular formula is C6H4F3NO2. The summed E-state index contributed by atoms with van der Waals surface area (Å²) in [5.41, 5.74) is 0. The first kappa shape index (κ1) is 8.76. The minimum atomic E-state index is -4.98. The third-order valence-corrected chi connectivity index (χ3v) is 1.28. The quantitative estimate of drug-likeness (QED) is 0.552. The Morgan fingerprint density at radius 3 is 2.42 bits per heavy atom. The van der Waals surface area contributed by atoms with Crippen molar-refractivity contribution in [3.8, 4) is 0 Å². The number of halogens is 3. The standard InChI is InChI=1S/C6H4F3NO2/c7-6(8,9)5(12)10-3-1-2-4(10)11/h1,3H,2H2. The highest BCUT2D eigenvalue weighted by molar-refractivity contribution is 6.01. The molecule has 0 saturated heterocycles. The average Bonchev–Trinajstić information content (AvgIpc) is 2.31. The lowest BCUT2D eigenvalue weighted by atomic mass is 10.4. The van der Waals surface area contributed by atoms with E-state index in [1.165, 1.54) is 6.08 Å². The van der Waals surface area contributed by atoms with Crippen molar-refractivity contribution >= 4 is 11.8 Å². The maximum atomic E-state index is 11.7. The molecule has 0 spiro atoms. The van der Waals surface area contributed by atoms with Gasteiger partial charge in [-0.1, -0.05) is 6.08 Å². The molecule has 66 valence electrons. The number of rotatable bonds is 0. The topological polar surface area (TPSA) is 37.4 Å². The van der Waals surface area contributed by atoms with Gasteiger partial charge in [-0.15, -0.1) is 0 Å². The van der Waals surface area contributed by atoms with Gasteiger partial charge in [-0.2, -0.15) is 13.2 Å². The van der Waals surface area contributed by atoms with E-state index in [4.69, 9.17) is 0 Å². The van der Waals surface area contributed by atoms with Gasteiger partial charge in [-0.25, -0.2) is 4.90 Å². The van der Waals surface area contributed by atoms with Crippen molar-refractivity contribution in [3.05, 3.63) is 12.3 Å². The average molecular weight is 179 g/mol. The first-order valence-electron chi connectivity index (χ1n) is 3.03. The fraction of sp³-hybridized carbons (Fsp3) is 0.333. The second-order valence-electron chi connectivity index (χ2n) is 2.16. The van der Waals surface area contributed by atoms with E-state index in [1.54, 1.807) is 0 Å². The van der Waals surface area contributed by atoms with Crippen LogP contribution in [0.25, 0.3) is 0 Å². The van der Waals surface area contributed by atoms with Crippen LogP contribution >= 0.6 is 0 Å². The van der Waals surface area contributed by atoms with Crippen LogP contribution in [0.1, 0.15) is 6.42 Å². The predicted octanol–water partition coefficient (Wildman–Crippen LogP) is 0.821. The highest BCUT2D eigenvalue weighted by Crippen LogP contribution is 2.21. The molecule has 0 unspecified atom stereocenters. The molecule has 0 radical (unpaired) electrons. The van der Waals surface area contributed by atoms with Crippen molar-refractivity contribution in [1.29, 1.82) is 0 Å². The second kappa shape index (κ2) is 2.62. The van der Waals surface area contributed by atoms with Crippen LogP contribution in [0, 0.1) is 0 Å². The zero-order valence-corrected chi connectivity index (χ0v) is 5.76. The Kier molecular flexibility index (Phi) is 1.91. The van der Waals surface area contributed by atoms with Crippen LogP contribution in [0.4, 0.5) is 13.2 Å². The van der Waals surface area contributed by atoms with Gasteiger partial charge in [-0.3, -0.25) is 9.59 Å². The summed E-state index contributed by atoms with van der Waals surface area (Å²) in [5, 5.41) is 0. The van der Waals surface area contributed by atoms with Crippen LogP contribution in [0.2, 0.25) is 0 Å². The Hall–Kier alpha value is -1.33. The summed E-state index contributed by atoms with van der Waals surface area (Å²) in [6, 6.07) is 0. The van der Waals surface area contributed by atoms with Crippen LogP contribution in [0.15, 0.2) is 12.3 Å². The molecule has 1 aliphatic rings. The van der Waals surface area contributed by atoms with Crippen LogP contribution in [-0.2, 0) is 9.59 Å². The summed E-state index contributed by atoms with van der Waals surface area (Å²) in [4.78, 5) is 21.1. The molecule has 0 aromatic rings. The van der Waals surface area contributed by atoms with Gasteiger partial charge in [0.1, 0.15) is 0 Å². The van der Waals surface area contributed by atoms with E-state index >= 15 is 0 Å². The number of carbonyl (C=O) groups is 2. The minimum Gasteiger partial charge on any atom is -0.274 e. The van der Waals surface area contributed by atoms with Crippen molar-refractivity contribution in [3.63, 3.8) is 0 Å². The van der Waals surface area contributed by atoms with E-state index in [2.05, 4.69) is 0 Å². The molecule has 6 heteroatoms. The lowest BCUT2D eigenvalue weighted by Crippen LogP contribution is -2.39. The van der Waals surface area contributed by atoms with Gasteiger partial charge in [-0.05, 0) is 0 Å². The number of carbonyl (C=O) groups excluding carboxylic acids is 2. The SMILES string of the molecule is O=C1CC=CN1C(=O)C(F)(F)F. The van der Waals surface area contributed by atoms with Gasteiger partial charge in [0.15, 0.2) is 0 Å². The van der Waals surface area contributed by atoms with E-state index in [0.717, 1.165) is 6.20 Å². The van der Waals surface area contributed by atoms with Crippen LogP contribution in [0.3, 0.4) is 0 Å². The van der Waals surface area contributed by atoms with E-state index < -0.39 is 18.0 Å². The number of amides is 2. The third-order valence-electron chi connectivity index (χ3n) is 1.28. The molecule has 12 heavy (non-hydrogen) atoms. The molecule has 0 atom stereocenters. The maximum absolute atomic E-state index is 11.7. The van der Waals surface area contributed by atoms with Gasteiger partial charge < -0.3 is 0 Å². The van der Waals surface area contributed by atoms with Crippen molar-refractivity contribution in [2.45, 2.75) is 12.6 Å². The summed E-state index contributed by atoms with van der Waals surface area (Å²) in [6.07, 6.45) is -3.10. The molecular weight excluding hydrogens is 175 g/mol. The zero-order valence-electron chi connectivity index (χ0n) is 5.76. The van der Waals surface area contributed by atoms with Crippen molar-refractivity contribution in [2.24, 2.45) is 0 Å². The molecule has 0 fully saturated rings. The van der Waals surface area contributed by atoms with Gasteiger partial charge in [0.2, 0.25) is 5.91 Å². The normalized spacial score (nSPS) is 17.2. The molecule has 0 N–H and O–H groups in total. The Balaban J connectivity index is 2.78. The Bertz CT molecular complexity index is 256. The molecule has 1 aliphatic heterocycles. The fourth-order valence-electron chi connectivity index (χ4n) is 0.758. The highest BCUT2D eigenvalue weighted by Gasteiger charge is 2.44. The molecule has 2 amide bonds. The summed E-state index contributed by atoms with van der Waals surface area (Å²) >= 11 is 0. The third kappa shape index (κ3) is 1.46. The molecule has 0 aromatic heterocycles. The van der Waals surface area contributed by atoms with Gasteiger partial charge in [0.25, 0.3) is 0 Å². The smallest absolute Gasteiger partial charge is 0.274 e. The summed E-state index contributed by atoms with van der Waals surface area (Å²) in [6.45, 7) is 0. The lowest BCUT2D eigenvalue weighted by molar-refractivity contribution is -0.184. The molecule has 1 rings (SSSR count). The first-order chi connectivity index (χ1) is 5.43. The molecule has 0 aromatic carbocycles. The Morgan fingerprint density at radius 2 is 2.08 bits per heavy atom. The van der Waals surface area contributed by atoms with Crippen LogP contribution in [0.5, 0.6) is 0 Å².